The van der Waals surface area contributed by atoms with Crippen LogP contribution in [0.25, 0.3) is 10.8 Å². The molecule has 0 aromatic heterocycles. The van der Waals surface area contributed by atoms with Crippen molar-refractivity contribution in [3.8, 4) is 0 Å². The van der Waals surface area contributed by atoms with Crippen molar-refractivity contribution >= 4 is 10.8 Å². The van der Waals surface area contributed by atoms with Gasteiger partial charge in [-0.1, -0.05) is 56.2 Å². The molecule has 84 valence electrons. The molecule has 1 N–H and O–H groups in total. The van der Waals surface area contributed by atoms with Gasteiger partial charge < -0.3 is 5.11 Å². The van der Waals surface area contributed by atoms with Crippen LogP contribution in [0.3, 0.4) is 0 Å². The molecule has 0 bridgehead atoms. The Labute approximate surface area is 96.7 Å². The van der Waals surface area contributed by atoms with Gasteiger partial charge in [-0.2, -0.15) is 0 Å². The Balaban J connectivity index is 2.25. The van der Waals surface area contributed by atoms with Gasteiger partial charge >= 0.3 is 0 Å². The van der Waals surface area contributed by atoms with Crippen molar-refractivity contribution < 1.29 is 5.11 Å². The van der Waals surface area contributed by atoms with Crippen molar-refractivity contribution in [2.24, 2.45) is 0 Å². The molecule has 16 heavy (non-hydrogen) atoms. The molecule has 0 spiro atoms. The topological polar surface area (TPSA) is 20.2 Å². The van der Waals surface area contributed by atoms with Crippen LogP contribution in [-0.2, 0) is 0 Å². The monoisotopic (exact) mass is 214 g/mol. The maximum Gasteiger partial charge on any atom is 0.0790 e. The van der Waals surface area contributed by atoms with E-state index in [1.54, 1.807) is 0 Å². The second-order valence-corrected chi connectivity index (χ2v) is 4.26. The van der Waals surface area contributed by atoms with E-state index in [0.29, 0.717) is 0 Å². The highest BCUT2D eigenvalue weighted by molar-refractivity contribution is 5.83. The minimum atomic E-state index is -0.315. The first-order valence-electron chi connectivity index (χ1n) is 5.98. The second kappa shape index (κ2) is 5.13. The van der Waals surface area contributed by atoms with E-state index < -0.39 is 0 Å². The van der Waals surface area contributed by atoms with Crippen LogP contribution in [0.4, 0.5) is 0 Å². The van der Waals surface area contributed by atoms with E-state index in [-0.39, 0.29) is 6.10 Å². The summed E-state index contributed by atoms with van der Waals surface area (Å²) in [5.41, 5.74) is 1.03. The summed E-state index contributed by atoms with van der Waals surface area (Å²) in [6.45, 7) is 2.15. The lowest BCUT2D eigenvalue weighted by Gasteiger charge is -2.11. The molecule has 2 aromatic rings. The van der Waals surface area contributed by atoms with Crippen LogP contribution < -0.4 is 0 Å². The first kappa shape index (κ1) is 11.2. The average Bonchev–Trinajstić information content (AvgIpc) is 2.35. The summed E-state index contributed by atoms with van der Waals surface area (Å²) in [6, 6.07) is 14.5. The number of aliphatic hydroxyl groups is 1. The van der Waals surface area contributed by atoms with Gasteiger partial charge in [0, 0.05) is 0 Å². The summed E-state index contributed by atoms with van der Waals surface area (Å²) in [4.78, 5) is 0. The molecule has 2 rings (SSSR count). The molecule has 1 atom stereocenters. The number of rotatable bonds is 4. The van der Waals surface area contributed by atoms with Crippen LogP contribution in [0.2, 0.25) is 0 Å². The Morgan fingerprint density at radius 2 is 1.81 bits per heavy atom. The van der Waals surface area contributed by atoms with Gasteiger partial charge in [0.2, 0.25) is 0 Å². The molecule has 0 fully saturated rings. The third kappa shape index (κ3) is 2.42. The molecule has 1 nitrogen and oxygen atoms in total. The number of unbranched alkanes of at least 4 members (excludes halogenated alkanes) is 1. The second-order valence-electron chi connectivity index (χ2n) is 4.26. The molecule has 0 aliphatic rings. The highest BCUT2D eigenvalue weighted by Gasteiger charge is 2.06. The minimum Gasteiger partial charge on any atom is -0.388 e. The molecule has 1 heteroatoms. The van der Waals surface area contributed by atoms with E-state index in [4.69, 9.17) is 0 Å². The quantitative estimate of drug-likeness (QED) is 0.813. The maximum atomic E-state index is 10.0. The summed E-state index contributed by atoms with van der Waals surface area (Å²) >= 11 is 0. The van der Waals surface area contributed by atoms with Crippen molar-refractivity contribution in [2.45, 2.75) is 32.3 Å². The van der Waals surface area contributed by atoms with Gasteiger partial charge in [0.05, 0.1) is 6.10 Å². The number of aliphatic hydroxyl groups excluding tert-OH is 1. The molecule has 0 amide bonds. The third-order valence-corrected chi connectivity index (χ3v) is 2.99. The van der Waals surface area contributed by atoms with Crippen LogP contribution in [0, 0.1) is 0 Å². The fourth-order valence-electron chi connectivity index (χ4n) is 1.98. The minimum absolute atomic E-state index is 0.315. The van der Waals surface area contributed by atoms with Gasteiger partial charge in [-0.15, -0.1) is 0 Å². The number of benzene rings is 2. The molecule has 0 saturated carbocycles. The van der Waals surface area contributed by atoms with E-state index in [1.807, 2.05) is 18.2 Å². The molecule has 0 heterocycles. The molecule has 0 aliphatic heterocycles. The predicted octanol–water partition coefficient (Wildman–Crippen LogP) is 4.06. The SMILES string of the molecule is CCCCC(O)c1ccc2ccccc2c1. The molecule has 0 aliphatic carbocycles. The molecule has 0 radical (unpaired) electrons. The number of fused-ring (bicyclic) bond motifs is 1. The van der Waals surface area contributed by atoms with E-state index >= 15 is 0 Å². The Morgan fingerprint density at radius 3 is 2.56 bits per heavy atom. The van der Waals surface area contributed by atoms with E-state index in [0.717, 1.165) is 24.8 Å². The zero-order valence-corrected chi connectivity index (χ0v) is 9.69. The van der Waals surface area contributed by atoms with Gasteiger partial charge in [-0.05, 0) is 28.8 Å². The Kier molecular flexibility index (Phi) is 3.58. The van der Waals surface area contributed by atoms with Gasteiger partial charge in [0.1, 0.15) is 0 Å². The third-order valence-electron chi connectivity index (χ3n) is 2.99. The summed E-state index contributed by atoms with van der Waals surface area (Å²) in [6.07, 6.45) is 2.75. The molecular formula is C15H18O. The van der Waals surface area contributed by atoms with Gasteiger partial charge in [-0.25, -0.2) is 0 Å². The highest BCUT2D eigenvalue weighted by Crippen LogP contribution is 2.23. The van der Waals surface area contributed by atoms with E-state index in [9.17, 15) is 5.11 Å². The lowest BCUT2D eigenvalue weighted by molar-refractivity contribution is 0.164. The average molecular weight is 214 g/mol. The van der Waals surface area contributed by atoms with Gasteiger partial charge in [-0.3, -0.25) is 0 Å². The van der Waals surface area contributed by atoms with Crippen LogP contribution >= 0.6 is 0 Å². The highest BCUT2D eigenvalue weighted by atomic mass is 16.3. The van der Waals surface area contributed by atoms with E-state index in [2.05, 4.69) is 31.2 Å². The van der Waals surface area contributed by atoms with Crippen molar-refractivity contribution in [1.82, 2.24) is 0 Å². The number of hydrogen-bond donors (Lipinski definition) is 1. The first-order valence-corrected chi connectivity index (χ1v) is 5.98. The van der Waals surface area contributed by atoms with Crippen molar-refractivity contribution in [1.29, 1.82) is 0 Å². The summed E-state index contributed by atoms with van der Waals surface area (Å²) in [7, 11) is 0. The fraction of sp³-hybridized carbons (Fsp3) is 0.333. The normalized spacial score (nSPS) is 12.9. The summed E-state index contributed by atoms with van der Waals surface area (Å²) < 4.78 is 0. The zero-order chi connectivity index (χ0) is 11.4. The van der Waals surface area contributed by atoms with Crippen molar-refractivity contribution in [3.63, 3.8) is 0 Å². The Morgan fingerprint density at radius 1 is 1.06 bits per heavy atom. The van der Waals surface area contributed by atoms with Crippen LogP contribution in [-0.4, -0.2) is 5.11 Å². The number of hydrogen-bond acceptors (Lipinski definition) is 1. The van der Waals surface area contributed by atoms with Crippen molar-refractivity contribution in [2.75, 3.05) is 0 Å². The van der Waals surface area contributed by atoms with Crippen molar-refractivity contribution in [3.05, 3.63) is 48.0 Å². The lowest BCUT2D eigenvalue weighted by atomic mass is 10.0. The summed E-state index contributed by atoms with van der Waals surface area (Å²) in [5.74, 6) is 0. The van der Waals surface area contributed by atoms with Gasteiger partial charge in [0.15, 0.2) is 0 Å². The summed E-state index contributed by atoms with van der Waals surface area (Å²) in [5, 5.41) is 12.4. The molecule has 1 unspecified atom stereocenters. The predicted molar refractivity (Wildman–Crippen MR) is 68.4 cm³/mol. The van der Waals surface area contributed by atoms with Crippen LogP contribution in [0.5, 0.6) is 0 Å². The Hall–Kier alpha value is -1.34. The first-order chi connectivity index (χ1) is 7.81. The molecule has 0 saturated heterocycles. The van der Waals surface area contributed by atoms with Crippen LogP contribution in [0.15, 0.2) is 42.5 Å². The smallest absolute Gasteiger partial charge is 0.0790 e. The fourth-order valence-corrected chi connectivity index (χ4v) is 1.98. The molecule has 2 aromatic carbocycles. The van der Waals surface area contributed by atoms with Crippen LogP contribution in [0.1, 0.15) is 37.9 Å². The van der Waals surface area contributed by atoms with Gasteiger partial charge in [0.25, 0.3) is 0 Å². The lowest BCUT2D eigenvalue weighted by Crippen LogP contribution is -1.96. The largest absolute Gasteiger partial charge is 0.388 e. The Bertz CT molecular complexity index is 462. The molecular weight excluding hydrogens is 196 g/mol. The van der Waals surface area contributed by atoms with E-state index in [1.165, 1.54) is 10.8 Å². The zero-order valence-electron chi connectivity index (χ0n) is 9.69. The maximum absolute atomic E-state index is 10.0. The standard InChI is InChI=1S/C15H18O/c1-2-3-8-15(16)14-10-9-12-6-4-5-7-13(12)11-14/h4-7,9-11,15-16H,2-3,8H2,1H3.